The Morgan fingerprint density at radius 2 is 2.19 bits per heavy atom. The first kappa shape index (κ1) is 19.1. The van der Waals surface area contributed by atoms with E-state index in [4.69, 9.17) is 0 Å². The van der Waals surface area contributed by atoms with E-state index in [0.717, 1.165) is 25.9 Å². The average molecular weight is 352 g/mol. The number of fused-ring (bicyclic) bond motifs is 1. The zero-order valence-corrected chi connectivity index (χ0v) is 16.9. The van der Waals surface area contributed by atoms with Gasteiger partial charge in [-0.2, -0.15) is 0 Å². The molecular formula is C23H33N3. The summed E-state index contributed by atoms with van der Waals surface area (Å²) in [5.74, 6) is 0.579. The van der Waals surface area contributed by atoms with E-state index < -0.39 is 0 Å². The minimum atomic E-state index is -0.0789. The van der Waals surface area contributed by atoms with Crippen LogP contribution in [0.2, 0.25) is 0 Å². The number of nitrogens with zero attached hydrogens (tertiary/aromatic N) is 1. The molecule has 0 amide bonds. The third-order valence-corrected chi connectivity index (χ3v) is 5.55. The molecule has 0 aromatic carbocycles. The molecular weight excluding hydrogens is 318 g/mol. The molecule has 0 spiro atoms. The smallest absolute Gasteiger partial charge is 0.0471 e. The van der Waals surface area contributed by atoms with E-state index in [9.17, 15) is 0 Å². The van der Waals surface area contributed by atoms with Crippen molar-refractivity contribution in [2.24, 2.45) is 5.92 Å². The SMILES string of the molecule is CCC(C)/C=C(\C=C(C)C)C1=Cc2ccncc2C(C)(NC2CNC2)C1. The molecule has 3 rings (SSSR count). The van der Waals surface area contributed by atoms with Crippen molar-refractivity contribution in [3.05, 3.63) is 58.5 Å². The standard InChI is InChI=1S/C23H33N3/c1-6-17(4)10-19(9-16(2)3)20-11-18-7-8-24-15-22(18)23(5,12-20)26-21-13-25-14-21/h7-11,15,17,21,25-26H,6,12-14H2,1-5H3/b19-10+. The van der Waals surface area contributed by atoms with Crippen molar-refractivity contribution >= 4 is 6.08 Å². The summed E-state index contributed by atoms with van der Waals surface area (Å²) in [4.78, 5) is 4.41. The summed E-state index contributed by atoms with van der Waals surface area (Å²) in [6.07, 6.45) is 13.3. The normalized spacial score (nSPS) is 24.3. The quantitative estimate of drug-likeness (QED) is 0.736. The molecule has 2 aliphatic rings. The van der Waals surface area contributed by atoms with Gasteiger partial charge in [-0.15, -0.1) is 0 Å². The Morgan fingerprint density at radius 1 is 1.42 bits per heavy atom. The van der Waals surface area contributed by atoms with Gasteiger partial charge >= 0.3 is 0 Å². The van der Waals surface area contributed by atoms with E-state index >= 15 is 0 Å². The van der Waals surface area contributed by atoms with E-state index in [-0.39, 0.29) is 5.54 Å². The number of rotatable bonds is 6. The fourth-order valence-electron chi connectivity index (χ4n) is 3.85. The van der Waals surface area contributed by atoms with Crippen molar-refractivity contribution in [2.45, 2.75) is 59.0 Å². The fourth-order valence-corrected chi connectivity index (χ4v) is 3.85. The second-order valence-electron chi connectivity index (χ2n) is 8.37. The largest absolute Gasteiger partial charge is 0.314 e. The molecule has 2 heterocycles. The van der Waals surface area contributed by atoms with Crippen molar-refractivity contribution in [2.75, 3.05) is 13.1 Å². The molecule has 1 saturated heterocycles. The Labute approximate surface area is 158 Å². The lowest BCUT2D eigenvalue weighted by molar-refractivity contribution is 0.253. The maximum Gasteiger partial charge on any atom is 0.0471 e. The molecule has 2 unspecified atom stereocenters. The lowest BCUT2D eigenvalue weighted by Crippen LogP contribution is -2.61. The van der Waals surface area contributed by atoms with Gasteiger partial charge in [-0.05, 0) is 61.4 Å². The summed E-state index contributed by atoms with van der Waals surface area (Å²) >= 11 is 0. The Hall–Kier alpha value is -1.71. The Bertz CT molecular complexity index is 736. The van der Waals surface area contributed by atoms with Crippen molar-refractivity contribution in [3.8, 4) is 0 Å². The second kappa shape index (κ2) is 7.89. The van der Waals surface area contributed by atoms with Gasteiger partial charge in [0.05, 0.1) is 0 Å². The highest BCUT2D eigenvalue weighted by molar-refractivity contribution is 5.67. The molecule has 0 bridgehead atoms. The number of pyridine rings is 1. The molecule has 1 aliphatic carbocycles. The van der Waals surface area contributed by atoms with Crippen molar-refractivity contribution < 1.29 is 0 Å². The average Bonchev–Trinajstić information content (AvgIpc) is 2.57. The van der Waals surface area contributed by atoms with Crippen LogP contribution in [0.4, 0.5) is 0 Å². The minimum Gasteiger partial charge on any atom is -0.314 e. The van der Waals surface area contributed by atoms with Crippen molar-refractivity contribution in [3.63, 3.8) is 0 Å². The molecule has 1 aromatic heterocycles. The zero-order valence-electron chi connectivity index (χ0n) is 16.9. The summed E-state index contributed by atoms with van der Waals surface area (Å²) in [6.45, 7) is 13.4. The summed E-state index contributed by atoms with van der Waals surface area (Å²) < 4.78 is 0. The second-order valence-corrected chi connectivity index (χ2v) is 8.37. The number of hydrogen-bond acceptors (Lipinski definition) is 3. The van der Waals surface area contributed by atoms with Crippen LogP contribution >= 0.6 is 0 Å². The van der Waals surface area contributed by atoms with Crippen LogP contribution in [0.25, 0.3) is 6.08 Å². The highest BCUT2D eigenvalue weighted by atomic mass is 15.1. The predicted molar refractivity (Wildman–Crippen MR) is 111 cm³/mol. The van der Waals surface area contributed by atoms with Gasteiger partial charge in [0.2, 0.25) is 0 Å². The first-order chi connectivity index (χ1) is 12.4. The third kappa shape index (κ3) is 4.16. The van der Waals surface area contributed by atoms with Crippen LogP contribution in [0.1, 0.15) is 58.6 Å². The Kier molecular flexibility index (Phi) is 5.79. The third-order valence-electron chi connectivity index (χ3n) is 5.55. The highest BCUT2D eigenvalue weighted by Crippen LogP contribution is 2.40. The summed E-state index contributed by atoms with van der Waals surface area (Å²) in [7, 11) is 0. The topological polar surface area (TPSA) is 37.0 Å². The molecule has 0 radical (unpaired) electrons. The monoisotopic (exact) mass is 351 g/mol. The van der Waals surface area contributed by atoms with Gasteiger partial charge in [0.25, 0.3) is 0 Å². The maximum atomic E-state index is 4.41. The molecule has 0 saturated carbocycles. The van der Waals surface area contributed by atoms with Gasteiger partial charge in [0.15, 0.2) is 0 Å². The van der Waals surface area contributed by atoms with Crippen LogP contribution in [0.15, 0.2) is 47.3 Å². The number of aromatic nitrogens is 1. The summed E-state index contributed by atoms with van der Waals surface area (Å²) in [5.41, 5.74) is 6.68. The lowest BCUT2D eigenvalue weighted by atomic mass is 9.75. The maximum absolute atomic E-state index is 4.41. The lowest BCUT2D eigenvalue weighted by Gasteiger charge is -2.42. The van der Waals surface area contributed by atoms with Crippen LogP contribution in [0.3, 0.4) is 0 Å². The molecule has 1 fully saturated rings. The molecule has 26 heavy (non-hydrogen) atoms. The van der Waals surface area contributed by atoms with E-state index in [1.54, 1.807) is 0 Å². The first-order valence-electron chi connectivity index (χ1n) is 9.92. The van der Waals surface area contributed by atoms with Gasteiger partial charge in [0, 0.05) is 37.1 Å². The minimum absolute atomic E-state index is 0.0789. The highest BCUT2D eigenvalue weighted by Gasteiger charge is 2.36. The van der Waals surface area contributed by atoms with Gasteiger partial charge < -0.3 is 10.6 Å². The summed E-state index contributed by atoms with van der Waals surface area (Å²) in [6, 6.07) is 2.69. The van der Waals surface area contributed by atoms with Crippen LogP contribution in [0.5, 0.6) is 0 Å². The van der Waals surface area contributed by atoms with Crippen molar-refractivity contribution in [1.82, 2.24) is 15.6 Å². The van der Waals surface area contributed by atoms with Gasteiger partial charge in [0.1, 0.15) is 0 Å². The van der Waals surface area contributed by atoms with Gasteiger partial charge in [-0.25, -0.2) is 0 Å². The van der Waals surface area contributed by atoms with E-state index in [1.807, 2.05) is 12.4 Å². The Balaban J connectivity index is 2.02. The Morgan fingerprint density at radius 3 is 2.81 bits per heavy atom. The zero-order chi connectivity index (χ0) is 18.7. The number of nitrogens with one attached hydrogen (secondary N) is 2. The fraction of sp³-hybridized carbons (Fsp3) is 0.522. The van der Waals surface area contributed by atoms with Crippen LogP contribution in [0, 0.1) is 5.92 Å². The van der Waals surface area contributed by atoms with Gasteiger partial charge in [-0.1, -0.05) is 44.1 Å². The molecule has 2 atom stereocenters. The van der Waals surface area contributed by atoms with Crippen LogP contribution in [-0.2, 0) is 5.54 Å². The molecule has 1 aromatic rings. The predicted octanol–water partition coefficient (Wildman–Crippen LogP) is 4.58. The number of allylic oxidation sites excluding steroid dienone is 4. The molecule has 3 heteroatoms. The van der Waals surface area contributed by atoms with E-state index in [1.165, 1.54) is 27.8 Å². The van der Waals surface area contributed by atoms with Gasteiger partial charge in [-0.3, -0.25) is 4.98 Å². The molecule has 2 N–H and O–H groups in total. The van der Waals surface area contributed by atoms with E-state index in [2.05, 4.69) is 74.5 Å². The van der Waals surface area contributed by atoms with Crippen LogP contribution < -0.4 is 10.6 Å². The summed E-state index contributed by atoms with van der Waals surface area (Å²) in [5, 5.41) is 7.27. The molecule has 140 valence electrons. The van der Waals surface area contributed by atoms with Crippen molar-refractivity contribution in [1.29, 1.82) is 0 Å². The number of hydrogen-bond donors (Lipinski definition) is 2. The van der Waals surface area contributed by atoms with Crippen LogP contribution in [-0.4, -0.2) is 24.1 Å². The van der Waals surface area contributed by atoms with E-state index in [0.29, 0.717) is 12.0 Å². The molecule has 3 nitrogen and oxygen atoms in total. The first-order valence-corrected chi connectivity index (χ1v) is 9.92. The molecule has 1 aliphatic heterocycles.